The van der Waals surface area contributed by atoms with Crippen LogP contribution in [0.15, 0.2) is 24.3 Å². The summed E-state index contributed by atoms with van der Waals surface area (Å²) < 4.78 is 5.38. The van der Waals surface area contributed by atoms with Crippen molar-refractivity contribution in [1.29, 1.82) is 0 Å². The number of hydrogen-bond donors (Lipinski definition) is 2. The first-order chi connectivity index (χ1) is 12.2. The molecule has 0 saturated carbocycles. The van der Waals surface area contributed by atoms with Gasteiger partial charge in [-0.3, -0.25) is 14.5 Å². The Morgan fingerprint density at radius 3 is 2.72 bits per heavy atom. The Hall–Kier alpha value is -1.96. The molecule has 25 heavy (non-hydrogen) atoms. The van der Waals surface area contributed by atoms with E-state index in [0.717, 1.165) is 25.9 Å². The van der Waals surface area contributed by atoms with E-state index in [4.69, 9.17) is 9.84 Å². The van der Waals surface area contributed by atoms with Gasteiger partial charge in [-0.2, -0.15) is 0 Å². The highest BCUT2D eigenvalue weighted by atomic mass is 16.5. The van der Waals surface area contributed by atoms with E-state index in [-0.39, 0.29) is 24.5 Å². The van der Waals surface area contributed by atoms with E-state index < -0.39 is 0 Å². The zero-order chi connectivity index (χ0) is 17.6. The Labute approximate surface area is 147 Å². The van der Waals surface area contributed by atoms with Crippen molar-refractivity contribution in [3.63, 3.8) is 0 Å². The molecule has 1 aromatic rings. The Morgan fingerprint density at radius 2 is 2.04 bits per heavy atom. The first-order valence-corrected chi connectivity index (χ1v) is 8.82. The van der Waals surface area contributed by atoms with Crippen molar-refractivity contribution in [2.75, 3.05) is 51.3 Å². The molecular formula is C18H25N3O4. The Kier molecular flexibility index (Phi) is 6.01. The van der Waals surface area contributed by atoms with Gasteiger partial charge >= 0.3 is 0 Å². The number of nitrogens with one attached hydrogen (secondary N) is 1. The summed E-state index contributed by atoms with van der Waals surface area (Å²) in [7, 11) is 0. The second-order valence-electron chi connectivity index (χ2n) is 6.43. The number of ether oxygens (including phenoxy) is 1. The van der Waals surface area contributed by atoms with Crippen LogP contribution in [0.4, 0.5) is 5.69 Å². The standard InChI is InChI=1S/C18H25N3O4/c22-11-10-20-6-8-21(9-7-20)18(24)14-3-1-4-15(13-14)19-17(23)16-5-2-12-25-16/h1,3-4,13,16,22H,2,5-12H2,(H,19,23)/t16-/m1/s1. The molecule has 0 unspecified atom stereocenters. The normalized spacial score (nSPS) is 21.3. The van der Waals surface area contributed by atoms with Crippen LogP contribution in [0.2, 0.25) is 0 Å². The lowest BCUT2D eigenvalue weighted by Crippen LogP contribution is -2.49. The molecule has 2 amide bonds. The zero-order valence-electron chi connectivity index (χ0n) is 14.3. The van der Waals surface area contributed by atoms with E-state index in [1.165, 1.54) is 0 Å². The number of piperazine rings is 1. The van der Waals surface area contributed by atoms with Crippen LogP contribution in [0.1, 0.15) is 23.2 Å². The monoisotopic (exact) mass is 347 g/mol. The number of benzene rings is 1. The molecular weight excluding hydrogens is 322 g/mol. The summed E-state index contributed by atoms with van der Waals surface area (Å²) in [6.07, 6.45) is 1.25. The van der Waals surface area contributed by atoms with Crippen LogP contribution in [0, 0.1) is 0 Å². The molecule has 2 aliphatic heterocycles. The van der Waals surface area contributed by atoms with E-state index in [9.17, 15) is 9.59 Å². The van der Waals surface area contributed by atoms with Crippen molar-refractivity contribution in [3.8, 4) is 0 Å². The van der Waals surface area contributed by atoms with Crippen LogP contribution in [0.3, 0.4) is 0 Å². The van der Waals surface area contributed by atoms with Crippen LogP contribution in [-0.2, 0) is 9.53 Å². The number of aliphatic hydroxyl groups is 1. The lowest BCUT2D eigenvalue weighted by Gasteiger charge is -2.34. The van der Waals surface area contributed by atoms with Crippen molar-refractivity contribution in [1.82, 2.24) is 9.80 Å². The summed E-state index contributed by atoms with van der Waals surface area (Å²) in [5.74, 6) is -0.184. The molecule has 0 bridgehead atoms. The third-order valence-corrected chi connectivity index (χ3v) is 4.67. The molecule has 2 heterocycles. The van der Waals surface area contributed by atoms with Crippen LogP contribution in [-0.4, -0.2) is 78.8 Å². The van der Waals surface area contributed by atoms with Gasteiger partial charge in [-0.15, -0.1) is 0 Å². The number of rotatable bonds is 5. The maximum atomic E-state index is 12.7. The van der Waals surface area contributed by atoms with Gasteiger partial charge in [-0.1, -0.05) is 6.07 Å². The first-order valence-electron chi connectivity index (χ1n) is 8.82. The van der Waals surface area contributed by atoms with Crippen LogP contribution < -0.4 is 5.32 Å². The average molecular weight is 347 g/mol. The smallest absolute Gasteiger partial charge is 0.254 e. The first kappa shape index (κ1) is 17.8. The summed E-state index contributed by atoms with van der Waals surface area (Å²) >= 11 is 0. The van der Waals surface area contributed by atoms with Gasteiger partial charge in [0, 0.05) is 50.6 Å². The summed E-state index contributed by atoms with van der Waals surface area (Å²) in [6, 6.07) is 7.04. The predicted molar refractivity (Wildman–Crippen MR) is 93.5 cm³/mol. The fourth-order valence-electron chi connectivity index (χ4n) is 3.24. The number of anilines is 1. The van der Waals surface area contributed by atoms with Gasteiger partial charge in [-0.05, 0) is 31.0 Å². The molecule has 2 N–H and O–H groups in total. The van der Waals surface area contributed by atoms with Gasteiger partial charge in [0.25, 0.3) is 11.8 Å². The van der Waals surface area contributed by atoms with Gasteiger partial charge in [0.2, 0.25) is 0 Å². The lowest BCUT2D eigenvalue weighted by molar-refractivity contribution is -0.124. The maximum absolute atomic E-state index is 12.7. The second-order valence-corrected chi connectivity index (χ2v) is 6.43. The lowest BCUT2D eigenvalue weighted by atomic mass is 10.1. The van der Waals surface area contributed by atoms with Crippen molar-refractivity contribution in [2.45, 2.75) is 18.9 Å². The van der Waals surface area contributed by atoms with Crippen molar-refractivity contribution in [3.05, 3.63) is 29.8 Å². The quantitative estimate of drug-likeness (QED) is 0.813. The topological polar surface area (TPSA) is 82.1 Å². The number of carbonyl (C=O) groups is 2. The third kappa shape index (κ3) is 4.56. The minimum Gasteiger partial charge on any atom is -0.395 e. The highest BCUT2D eigenvalue weighted by molar-refractivity contribution is 5.98. The Morgan fingerprint density at radius 1 is 1.24 bits per heavy atom. The molecule has 0 radical (unpaired) electrons. The highest BCUT2D eigenvalue weighted by Gasteiger charge is 2.25. The molecule has 2 fully saturated rings. The Bertz CT molecular complexity index is 608. The number of β-amino-alcohol motifs (C(OH)–C–C–N with tert-alkyl or cyclic N) is 1. The third-order valence-electron chi connectivity index (χ3n) is 4.67. The second kappa shape index (κ2) is 8.42. The average Bonchev–Trinajstić information content (AvgIpc) is 3.17. The SMILES string of the molecule is O=C(Nc1cccc(C(=O)N2CCN(CCO)CC2)c1)[C@H]1CCCO1. The van der Waals surface area contributed by atoms with Gasteiger partial charge in [-0.25, -0.2) is 0 Å². The Balaban J connectivity index is 1.59. The number of carbonyl (C=O) groups excluding carboxylic acids is 2. The number of hydrogen-bond acceptors (Lipinski definition) is 5. The summed E-state index contributed by atoms with van der Waals surface area (Å²) in [5.41, 5.74) is 1.19. The minimum atomic E-state index is -0.390. The predicted octanol–water partition coefficient (Wildman–Crippen LogP) is 0.554. The van der Waals surface area contributed by atoms with E-state index in [1.54, 1.807) is 24.3 Å². The summed E-state index contributed by atoms with van der Waals surface area (Å²) in [5, 5.41) is 11.8. The van der Waals surface area contributed by atoms with Crippen molar-refractivity contribution >= 4 is 17.5 Å². The minimum absolute atomic E-state index is 0.0307. The maximum Gasteiger partial charge on any atom is 0.254 e. The van der Waals surface area contributed by atoms with E-state index in [2.05, 4.69) is 10.2 Å². The number of amides is 2. The molecule has 7 nitrogen and oxygen atoms in total. The van der Waals surface area contributed by atoms with Gasteiger partial charge in [0.1, 0.15) is 6.10 Å². The summed E-state index contributed by atoms with van der Waals surface area (Å²) in [6.45, 7) is 4.23. The summed E-state index contributed by atoms with van der Waals surface area (Å²) in [4.78, 5) is 28.8. The van der Waals surface area contributed by atoms with Crippen molar-refractivity contribution < 1.29 is 19.4 Å². The fourth-order valence-corrected chi connectivity index (χ4v) is 3.24. The van der Waals surface area contributed by atoms with Crippen LogP contribution in [0.25, 0.3) is 0 Å². The molecule has 2 aliphatic rings. The molecule has 1 atom stereocenters. The van der Waals surface area contributed by atoms with Gasteiger partial charge < -0.3 is 20.1 Å². The molecule has 2 saturated heterocycles. The molecule has 1 aromatic carbocycles. The van der Waals surface area contributed by atoms with Gasteiger partial charge in [0.05, 0.1) is 6.61 Å². The van der Waals surface area contributed by atoms with Crippen LogP contribution in [0.5, 0.6) is 0 Å². The molecule has 136 valence electrons. The number of aliphatic hydroxyl groups excluding tert-OH is 1. The molecule has 7 heteroatoms. The van der Waals surface area contributed by atoms with E-state index >= 15 is 0 Å². The molecule has 0 aliphatic carbocycles. The molecule has 3 rings (SSSR count). The highest BCUT2D eigenvalue weighted by Crippen LogP contribution is 2.17. The molecule has 0 aromatic heterocycles. The largest absolute Gasteiger partial charge is 0.395 e. The molecule has 0 spiro atoms. The van der Waals surface area contributed by atoms with Crippen molar-refractivity contribution in [2.24, 2.45) is 0 Å². The van der Waals surface area contributed by atoms with E-state index in [0.29, 0.717) is 37.5 Å². The fraction of sp³-hybridized carbons (Fsp3) is 0.556. The number of nitrogens with zero attached hydrogens (tertiary/aromatic N) is 2. The zero-order valence-corrected chi connectivity index (χ0v) is 14.3. The van der Waals surface area contributed by atoms with Crippen LogP contribution >= 0.6 is 0 Å². The van der Waals surface area contributed by atoms with Gasteiger partial charge in [0.15, 0.2) is 0 Å². The van der Waals surface area contributed by atoms with E-state index in [1.807, 2.05) is 4.90 Å².